The van der Waals surface area contributed by atoms with Crippen LogP contribution in [-0.4, -0.2) is 34.0 Å². The van der Waals surface area contributed by atoms with Crippen LogP contribution in [0.4, 0.5) is 0 Å². The molecule has 0 spiro atoms. The highest BCUT2D eigenvalue weighted by Gasteiger charge is 2.28. The molecule has 192 valence electrons. The number of hydrogen-bond acceptors (Lipinski definition) is 7. The summed E-state index contributed by atoms with van der Waals surface area (Å²) in [6.45, 7) is 0.457. The second-order valence-corrected chi connectivity index (χ2v) is 13.7. The molecule has 36 heavy (non-hydrogen) atoms. The van der Waals surface area contributed by atoms with Crippen LogP contribution in [0.3, 0.4) is 0 Å². The molecule has 0 atom stereocenters. The van der Waals surface area contributed by atoms with Gasteiger partial charge in [-0.1, -0.05) is 31.4 Å². The van der Waals surface area contributed by atoms with Crippen LogP contribution in [0.25, 0.3) is 0 Å². The van der Waals surface area contributed by atoms with Crippen molar-refractivity contribution < 1.29 is 26.3 Å². The third-order valence-corrected chi connectivity index (χ3v) is 10.6. The summed E-state index contributed by atoms with van der Waals surface area (Å²) in [5, 5.41) is 1.90. The third kappa shape index (κ3) is 5.60. The molecule has 2 heterocycles. The lowest BCUT2D eigenvalue weighted by molar-refractivity contribution is 0.174. The van der Waals surface area contributed by atoms with Crippen molar-refractivity contribution >= 4 is 31.4 Å². The van der Waals surface area contributed by atoms with Gasteiger partial charge in [-0.15, -0.1) is 11.3 Å². The molecule has 11 heteroatoms. The van der Waals surface area contributed by atoms with Crippen molar-refractivity contribution in [3.8, 4) is 11.5 Å². The van der Waals surface area contributed by atoms with E-state index in [2.05, 4.69) is 4.72 Å². The first-order chi connectivity index (χ1) is 17.3. The maximum absolute atomic E-state index is 13.7. The Hall–Kier alpha value is -2.44. The molecular weight excluding hydrogens is 520 g/mol. The topological polar surface area (TPSA) is 102 Å². The maximum atomic E-state index is 13.7. The number of rotatable bonds is 9. The van der Waals surface area contributed by atoms with E-state index in [1.807, 2.05) is 23.6 Å². The Balaban J connectivity index is 1.39. The number of ether oxygens (including phenoxy) is 2. The van der Waals surface area contributed by atoms with Gasteiger partial charge in [0.05, 0.1) is 9.79 Å². The summed E-state index contributed by atoms with van der Waals surface area (Å²) in [5.74, 6) is 1.21. The van der Waals surface area contributed by atoms with Gasteiger partial charge in [0.1, 0.15) is 0 Å². The number of fused-ring (bicyclic) bond motifs is 1. The fourth-order valence-electron chi connectivity index (χ4n) is 4.49. The predicted octanol–water partition coefficient (Wildman–Crippen LogP) is 4.48. The molecule has 0 unspecified atom stereocenters. The van der Waals surface area contributed by atoms with Gasteiger partial charge in [-0.3, -0.25) is 0 Å². The van der Waals surface area contributed by atoms with Crippen LogP contribution in [0.5, 0.6) is 11.5 Å². The average Bonchev–Trinajstić information content (AvgIpc) is 3.56. The number of benzene rings is 2. The van der Waals surface area contributed by atoms with E-state index in [1.165, 1.54) is 39.9 Å². The standard InChI is InChI=1S/C25H28N2O6S3/c28-35(29,26-20-5-2-1-3-6-20)22-9-11-23(12-10-22)36(30,31)27(17-21-7-4-14-34-21)16-19-8-13-24-25(15-19)33-18-32-24/h4,7-15,20,26H,1-3,5-6,16-18H2. The first-order valence-corrected chi connectivity index (χ1v) is 15.6. The first-order valence-electron chi connectivity index (χ1n) is 11.8. The predicted molar refractivity (Wildman–Crippen MR) is 137 cm³/mol. The third-order valence-electron chi connectivity index (χ3n) is 6.41. The molecule has 5 rings (SSSR count). The van der Waals surface area contributed by atoms with Gasteiger partial charge in [0.25, 0.3) is 0 Å². The number of nitrogens with zero attached hydrogens (tertiary/aromatic N) is 1. The largest absolute Gasteiger partial charge is 0.454 e. The first kappa shape index (κ1) is 25.2. The summed E-state index contributed by atoms with van der Waals surface area (Å²) < 4.78 is 68.0. The van der Waals surface area contributed by atoms with E-state index >= 15 is 0 Å². The van der Waals surface area contributed by atoms with Crippen molar-refractivity contribution in [2.45, 2.75) is 61.0 Å². The van der Waals surface area contributed by atoms with Gasteiger partial charge in [0.15, 0.2) is 11.5 Å². The van der Waals surface area contributed by atoms with Crippen molar-refractivity contribution in [2.75, 3.05) is 6.79 Å². The lowest BCUT2D eigenvalue weighted by Gasteiger charge is -2.23. The zero-order valence-electron chi connectivity index (χ0n) is 19.6. The summed E-state index contributed by atoms with van der Waals surface area (Å²) in [5.41, 5.74) is 0.760. The Morgan fingerprint density at radius 1 is 0.861 bits per heavy atom. The van der Waals surface area contributed by atoms with Crippen LogP contribution in [0.15, 0.2) is 69.8 Å². The van der Waals surface area contributed by atoms with Crippen molar-refractivity contribution in [1.82, 2.24) is 9.03 Å². The highest BCUT2D eigenvalue weighted by molar-refractivity contribution is 7.89. The minimum Gasteiger partial charge on any atom is -0.454 e. The summed E-state index contributed by atoms with van der Waals surface area (Å²) in [7, 11) is -7.65. The van der Waals surface area contributed by atoms with Crippen LogP contribution in [0.2, 0.25) is 0 Å². The zero-order valence-corrected chi connectivity index (χ0v) is 22.1. The molecular formula is C25H28N2O6S3. The Bertz CT molecular complexity index is 1400. The summed E-state index contributed by atoms with van der Waals surface area (Å²) in [6, 6.07) is 14.5. The second kappa shape index (κ2) is 10.5. The molecule has 1 N–H and O–H groups in total. The van der Waals surface area contributed by atoms with Gasteiger partial charge >= 0.3 is 0 Å². The lowest BCUT2D eigenvalue weighted by atomic mass is 9.96. The highest BCUT2D eigenvalue weighted by Crippen LogP contribution is 2.34. The maximum Gasteiger partial charge on any atom is 0.243 e. The van der Waals surface area contributed by atoms with E-state index in [0.29, 0.717) is 11.5 Å². The normalized spacial score (nSPS) is 16.5. The number of hydrogen-bond donors (Lipinski definition) is 1. The molecule has 8 nitrogen and oxygen atoms in total. The molecule has 3 aromatic rings. The van der Waals surface area contributed by atoms with Crippen LogP contribution < -0.4 is 14.2 Å². The van der Waals surface area contributed by atoms with Gasteiger partial charge in [-0.05, 0) is 66.2 Å². The van der Waals surface area contributed by atoms with Crippen molar-refractivity contribution in [1.29, 1.82) is 0 Å². The summed E-state index contributed by atoms with van der Waals surface area (Å²) in [4.78, 5) is 0.999. The van der Waals surface area contributed by atoms with Crippen LogP contribution in [-0.2, 0) is 33.1 Å². The van der Waals surface area contributed by atoms with Gasteiger partial charge in [-0.25, -0.2) is 21.6 Å². The minimum atomic E-state index is -3.93. The molecule has 0 bridgehead atoms. The fraction of sp³-hybridized carbons (Fsp3) is 0.360. The van der Waals surface area contributed by atoms with Crippen molar-refractivity contribution in [2.24, 2.45) is 0 Å². The van der Waals surface area contributed by atoms with E-state index in [-0.39, 0.29) is 35.7 Å². The quantitative estimate of drug-likeness (QED) is 0.423. The highest BCUT2D eigenvalue weighted by atomic mass is 32.2. The molecule has 0 radical (unpaired) electrons. The molecule has 0 amide bonds. The van der Waals surface area contributed by atoms with Crippen molar-refractivity contribution in [3.63, 3.8) is 0 Å². The Morgan fingerprint density at radius 2 is 1.58 bits per heavy atom. The summed E-state index contributed by atoms with van der Waals surface area (Å²) in [6.07, 6.45) is 4.78. The molecule has 1 saturated carbocycles. The van der Waals surface area contributed by atoms with Gasteiger partial charge in [0.2, 0.25) is 26.8 Å². The molecule has 1 aromatic heterocycles. The molecule has 1 fully saturated rings. The molecule has 1 aliphatic heterocycles. The van der Waals surface area contributed by atoms with E-state index < -0.39 is 20.0 Å². The van der Waals surface area contributed by atoms with Gasteiger partial charge in [0, 0.05) is 24.0 Å². The van der Waals surface area contributed by atoms with E-state index in [0.717, 1.165) is 42.5 Å². The second-order valence-electron chi connectivity index (χ2n) is 8.97. The number of sulfonamides is 2. The van der Waals surface area contributed by atoms with Crippen LogP contribution in [0.1, 0.15) is 42.5 Å². The Morgan fingerprint density at radius 3 is 2.31 bits per heavy atom. The number of thiophene rings is 1. The van der Waals surface area contributed by atoms with Gasteiger partial charge < -0.3 is 9.47 Å². The molecule has 2 aliphatic rings. The molecule has 2 aromatic carbocycles. The Kier molecular flexibility index (Phi) is 7.36. The smallest absolute Gasteiger partial charge is 0.243 e. The van der Waals surface area contributed by atoms with Gasteiger partial charge in [-0.2, -0.15) is 4.31 Å². The van der Waals surface area contributed by atoms with Crippen LogP contribution in [0, 0.1) is 0 Å². The Labute approximate surface area is 216 Å². The summed E-state index contributed by atoms with van der Waals surface area (Å²) >= 11 is 1.48. The van der Waals surface area contributed by atoms with E-state index in [4.69, 9.17) is 9.47 Å². The average molecular weight is 549 g/mol. The minimum absolute atomic E-state index is 0.0383. The van der Waals surface area contributed by atoms with E-state index in [9.17, 15) is 16.8 Å². The van der Waals surface area contributed by atoms with Crippen LogP contribution >= 0.6 is 11.3 Å². The monoisotopic (exact) mass is 548 g/mol. The molecule has 1 aliphatic carbocycles. The SMILES string of the molecule is O=S(=O)(NC1CCCCC1)c1ccc(S(=O)(=O)N(Cc2ccc3c(c2)OCO3)Cc2cccs2)cc1. The lowest BCUT2D eigenvalue weighted by Crippen LogP contribution is -2.36. The number of nitrogens with one attached hydrogen (secondary N) is 1. The zero-order chi connectivity index (χ0) is 25.2. The van der Waals surface area contributed by atoms with Crippen molar-refractivity contribution in [3.05, 3.63) is 70.4 Å². The molecule has 0 saturated heterocycles. The van der Waals surface area contributed by atoms with E-state index in [1.54, 1.807) is 12.1 Å². The fourth-order valence-corrected chi connectivity index (χ4v) is 8.01.